The van der Waals surface area contributed by atoms with E-state index in [2.05, 4.69) is 125 Å². The minimum atomic E-state index is -0.256. The van der Waals surface area contributed by atoms with Crippen LogP contribution in [0.2, 0.25) is 10.0 Å². The summed E-state index contributed by atoms with van der Waals surface area (Å²) in [5.74, 6) is 0. The Labute approximate surface area is 289 Å². The molecule has 0 N–H and O–H groups in total. The first-order valence-electron chi connectivity index (χ1n) is 14.3. The number of benzene rings is 5. The molecule has 0 aliphatic heterocycles. The summed E-state index contributed by atoms with van der Waals surface area (Å²) in [6.07, 6.45) is 6.03. The Balaban J connectivity index is 0.00000400. The molecule has 6 aromatic rings. The Morgan fingerprint density at radius 3 is 1.80 bits per heavy atom. The predicted molar refractivity (Wildman–Crippen MR) is 182 cm³/mol. The van der Waals surface area contributed by atoms with Gasteiger partial charge in [-0.05, 0) is 71.8 Å². The second-order valence-corrected chi connectivity index (χ2v) is 13.5. The zero-order chi connectivity index (χ0) is 30.1. The van der Waals surface area contributed by atoms with Crippen molar-refractivity contribution >= 4 is 46.7 Å². The maximum Gasteiger partial charge on any atom is 0.244 e. The van der Waals surface area contributed by atoms with Crippen LogP contribution in [0, 0.1) is 0 Å². The van der Waals surface area contributed by atoms with Gasteiger partial charge in [-0.2, -0.15) is 0 Å². The molecule has 0 saturated heterocycles. The van der Waals surface area contributed by atoms with Crippen molar-refractivity contribution in [2.24, 2.45) is 0 Å². The van der Waals surface area contributed by atoms with Crippen molar-refractivity contribution < 1.29 is 21.7 Å². The largest absolute Gasteiger partial charge is 1.00 e. The highest BCUT2D eigenvalue weighted by Gasteiger charge is 2.20. The summed E-state index contributed by atoms with van der Waals surface area (Å²) in [4.78, 5) is 4.88. The summed E-state index contributed by atoms with van der Waals surface area (Å²) in [7, 11) is 0. The Hall–Kier alpha value is -3.16. The molecule has 1 aromatic heterocycles. The van der Waals surface area contributed by atoms with Gasteiger partial charge in [0.2, 0.25) is 6.33 Å². The third kappa shape index (κ3) is 9.67. The number of halogens is 3. The van der Waals surface area contributed by atoms with Crippen molar-refractivity contribution in [2.45, 2.75) is 45.4 Å². The topological polar surface area (TPSA) is 18.0 Å². The molecule has 6 rings (SSSR count). The van der Waals surface area contributed by atoms with Crippen LogP contribution in [0.5, 0.6) is 0 Å². The fraction of sp³-hybridized carbons (Fsp3) is 0.108. The minimum absolute atomic E-state index is 0. The molecule has 0 radical (unpaired) electrons. The van der Waals surface area contributed by atoms with Crippen molar-refractivity contribution in [2.75, 3.05) is 0 Å². The molecule has 1 heterocycles. The van der Waals surface area contributed by atoms with Gasteiger partial charge >= 0.3 is 0 Å². The van der Waals surface area contributed by atoms with E-state index < -0.39 is 0 Å². The Morgan fingerprint density at radius 2 is 1.22 bits per heavy atom. The zero-order valence-corrected chi connectivity index (χ0v) is 28.2. The van der Waals surface area contributed by atoms with E-state index >= 15 is 0 Å². The van der Waals surface area contributed by atoms with Crippen LogP contribution in [0.15, 0.2) is 166 Å². The standard InChI is InChI=1S/C37H31Cl2N2OS2.ClH/c38-30-15-20-35(36(39)23-30)37(42-26-29-13-18-34(19-14-29)44-32-9-5-2-6-10-32)25-41-22-21-40(27-41)24-28-11-16-33(17-12-28)43-31-7-3-1-4-8-31;/h1-23,27,37H,24-26H2;1H/q+1;/p-1. The van der Waals surface area contributed by atoms with Crippen molar-refractivity contribution in [1.82, 2.24) is 4.57 Å². The molecule has 0 bridgehead atoms. The molecule has 0 aliphatic carbocycles. The van der Waals surface area contributed by atoms with Crippen molar-refractivity contribution in [1.29, 1.82) is 0 Å². The first kappa shape index (κ1) is 33.2. The van der Waals surface area contributed by atoms with Gasteiger partial charge in [0, 0.05) is 35.2 Å². The average molecular weight is 690 g/mol. The first-order valence-corrected chi connectivity index (χ1v) is 16.7. The molecule has 0 fully saturated rings. The lowest BCUT2D eigenvalue weighted by Gasteiger charge is -2.18. The van der Waals surface area contributed by atoms with Crippen LogP contribution >= 0.6 is 46.7 Å². The number of imidazole rings is 1. The molecular weight excluding hydrogens is 659 g/mol. The van der Waals surface area contributed by atoms with E-state index in [4.69, 9.17) is 27.9 Å². The maximum atomic E-state index is 6.66. The highest BCUT2D eigenvalue weighted by Crippen LogP contribution is 2.32. The molecule has 1 atom stereocenters. The molecule has 0 aliphatic rings. The second kappa shape index (κ2) is 16.4. The van der Waals surface area contributed by atoms with Crippen molar-refractivity contribution in [3.8, 4) is 0 Å². The van der Waals surface area contributed by atoms with Gasteiger partial charge in [0.1, 0.15) is 31.6 Å². The molecule has 45 heavy (non-hydrogen) atoms. The minimum Gasteiger partial charge on any atom is -1.00 e. The van der Waals surface area contributed by atoms with Gasteiger partial charge < -0.3 is 17.1 Å². The van der Waals surface area contributed by atoms with Crippen LogP contribution in [0.3, 0.4) is 0 Å². The van der Waals surface area contributed by atoms with E-state index in [1.54, 1.807) is 29.6 Å². The van der Waals surface area contributed by atoms with E-state index in [9.17, 15) is 0 Å². The molecule has 0 spiro atoms. The summed E-state index contributed by atoms with van der Waals surface area (Å²) in [6, 6.07) is 43.7. The van der Waals surface area contributed by atoms with Gasteiger partial charge in [0.25, 0.3) is 0 Å². The molecule has 1 unspecified atom stereocenters. The molecule has 0 saturated carbocycles. The lowest BCUT2D eigenvalue weighted by Crippen LogP contribution is -3.00. The van der Waals surface area contributed by atoms with Crippen LogP contribution in [0.4, 0.5) is 0 Å². The van der Waals surface area contributed by atoms with Gasteiger partial charge in [-0.15, -0.1) is 0 Å². The summed E-state index contributed by atoms with van der Waals surface area (Å²) in [5, 5.41) is 1.21. The van der Waals surface area contributed by atoms with Gasteiger partial charge in [-0.1, -0.05) is 113 Å². The lowest BCUT2D eigenvalue weighted by molar-refractivity contribution is -0.687. The number of ether oxygens (including phenoxy) is 1. The Morgan fingerprint density at radius 1 is 0.667 bits per heavy atom. The third-order valence-electron chi connectivity index (χ3n) is 7.05. The number of nitrogens with zero attached hydrogens (tertiary/aromatic N) is 2. The first-order chi connectivity index (χ1) is 21.6. The zero-order valence-electron chi connectivity index (χ0n) is 24.3. The van der Waals surface area contributed by atoms with Crippen LogP contribution in [0.1, 0.15) is 22.8 Å². The maximum absolute atomic E-state index is 6.66. The Kier molecular flexibility index (Phi) is 12.1. The van der Waals surface area contributed by atoms with E-state index in [-0.39, 0.29) is 18.5 Å². The summed E-state index contributed by atoms with van der Waals surface area (Å²) >= 11 is 16.4. The van der Waals surface area contributed by atoms with E-state index in [0.29, 0.717) is 23.2 Å². The molecular formula is C37H31Cl3N2OS2. The van der Waals surface area contributed by atoms with Crippen LogP contribution in [-0.4, -0.2) is 4.57 Å². The van der Waals surface area contributed by atoms with Crippen molar-refractivity contribution in [3.63, 3.8) is 0 Å². The highest BCUT2D eigenvalue weighted by molar-refractivity contribution is 7.99. The summed E-state index contributed by atoms with van der Waals surface area (Å²) in [6.45, 7) is 1.86. The summed E-state index contributed by atoms with van der Waals surface area (Å²) < 4.78 is 10.9. The normalized spacial score (nSPS) is 11.6. The predicted octanol–water partition coefficient (Wildman–Crippen LogP) is 7.40. The molecule has 0 amide bonds. The van der Waals surface area contributed by atoms with Crippen molar-refractivity contribution in [3.05, 3.63) is 173 Å². The number of hydrogen-bond acceptors (Lipinski definition) is 3. The van der Waals surface area contributed by atoms with Gasteiger partial charge in [0.05, 0.1) is 6.61 Å². The molecule has 228 valence electrons. The number of rotatable bonds is 12. The van der Waals surface area contributed by atoms with Crippen LogP contribution < -0.4 is 17.0 Å². The fourth-order valence-corrected chi connectivity index (χ4v) is 7.01. The van der Waals surface area contributed by atoms with Gasteiger partial charge in [-0.3, -0.25) is 0 Å². The van der Waals surface area contributed by atoms with Crippen LogP contribution in [0.25, 0.3) is 0 Å². The van der Waals surface area contributed by atoms with Gasteiger partial charge in [-0.25, -0.2) is 9.13 Å². The third-order valence-corrected chi connectivity index (χ3v) is 9.65. The van der Waals surface area contributed by atoms with E-state index in [1.807, 2.05) is 24.3 Å². The Bertz CT molecular complexity index is 1780. The average Bonchev–Trinajstić information content (AvgIpc) is 3.49. The van der Waals surface area contributed by atoms with E-state index in [1.165, 1.54) is 25.1 Å². The lowest BCUT2D eigenvalue weighted by atomic mass is 10.1. The summed E-state index contributed by atoms with van der Waals surface area (Å²) in [5.41, 5.74) is 3.26. The second-order valence-electron chi connectivity index (χ2n) is 10.4. The highest BCUT2D eigenvalue weighted by atomic mass is 35.5. The fourth-order valence-electron chi connectivity index (χ4n) is 4.81. The quantitative estimate of drug-likeness (QED) is 0.125. The molecule has 3 nitrogen and oxygen atoms in total. The van der Waals surface area contributed by atoms with Gasteiger partial charge in [0.15, 0.2) is 0 Å². The van der Waals surface area contributed by atoms with E-state index in [0.717, 1.165) is 17.7 Å². The van der Waals surface area contributed by atoms with Crippen LogP contribution in [-0.2, 0) is 24.4 Å². The smallest absolute Gasteiger partial charge is 0.244 e. The monoisotopic (exact) mass is 688 g/mol. The molecule has 5 aromatic carbocycles. The number of aromatic nitrogens is 2. The SMILES string of the molecule is Clc1ccc(C(Cn2cc[n+](Cc3ccc(Sc4ccccc4)cc3)c2)OCc2ccc(Sc3ccccc3)cc2)c(Cl)c1.[Cl-]. The number of hydrogen-bond donors (Lipinski definition) is 0. The molecule has 8 heteroatoms.